The summed E-state index contributed by atoms with van der Waals surface area (Å²) in [5.41, 5.74) is -0.597. The van der Waals surface area contributed by atoms with Gasteiger partial charge in [0.25, 0.3) is 0 Å². The zero-order valence-electron chi connectivity index (χ0n) is 13.4. The van der Waals surface area contributed by atoms with Gasteiger partial charge in [0.15, 0.2) is 11.5 Å². The lowest BCUT2D eigenvalue weighted by atomic mass is 10.2. The van der Waals surface area contributed by atoms with E-state index in [1.54, 1.807) is 18.3 Å². The first kappa shape index (κ1) is 17.3. The van der Waals surface area contributed by atoms with Crippen LogP contribution in [0.15, 0.2) is 36.8 Å². The molecule has 0 radical (unpaired) electrons. The number of anilines is 1. The SMILES string of the molecule is Cc1cnc(C(C)Nc2cc(C(F)(F)F)nc(-c3cccnc3)n2)s1. The average molecular weight is 365 g/mol. The van der Waals surface area contributed by atoms with Gasteiger partial charge >= 0.3 is 6.18 Å². The maximum absolute atomic E-state index is 13.2. The lowest BCUT2D eigenvalue weighted by Crippen LogP contribution is -2.13. The molecule has 3 aromatic rings. The van der Waals surface area contributed by atoms with E-state index in [0.29, 0.717) is 5.56 Å². The van der Waals surface area contributed by atoms with Gasteiger partial charge in [0, 0.05) is 35.1 Å². The first-order valence-corrected chi connectivity index (χ1v) is 8.20. The summed E-state index contributed by atoms with van der Waals surface area (Å²) in [4.78, 5) is 17.0. The number of aromatic nitrogens is 4. The molecule has 0 saturated heterocycles. The lowest BCUT2D eigenvalue weighted by molar-refractivity contribution is -0.141. The number of alkyl halides is 3. The third-order valence-electron chi connectivity index (χ3n) is 3.31. The quantitative estimate of drug-likeness (QED) is 0.738. The van der Waals surface area contributed by atoms with Crippen LogP contribution < -0.4 is 5.32 Å². The van der Waals surface area contributed by atoms with Gasteiger partial charge in [-0.25, -0.2) is 15.0 Å². The smallest absolute Gasteiger partial charge is 0.361 e. The van der Waals surface area contributed by atoms with E-state index >= 15 is 0 Å². The molecule has 0 bridgehead atoms. The van der Waals surface area contributed by atoms with E-state index in [1.165, 1.54) is 23.7 Å². The molecule has 1 atom stereocenters. The Kier molecular flexibility index (Phi) is 4.67. The highest BCUT2D eigenvalue weighted by Gasteiger charge is 2.34. The van der Waals surface area contributed by atoms with Crippen LogP contribution in [0.25, 0.3) is 11.4 Å². The Morgan fingerprint density at radius 3 is 2.60 bits per heavy atom. The Bertz CT molecular complexity index is 864. The molecule has 0 aliphatic heterocycles. The molecule has 25 heavy (non-hydrogen) atoms. The third-order valence-corrected chi connectivity index (χ3v) is 4.41. The fourth-order valence-electron chi connectivity index (χ4n) is 2.15. The van der Waals surface area contributed by atoms with E-state index < -0.39 is 11.9 Å². The van der Waals surface area contributed by atoms with E-state index in [-0.39, 0.29) is 17.7 Å². The molecule has 0 spiro atoms. The minimum Gasteiger partial charge on any atom is -0.361 e. The van der Waals surface area contributed by atoms with Crippen molar-refractivity contribution in [2.24, 2.45) is 0 Å². The Morgan fingerprint density at radius 2 is 2.00 bits per heavy atom. The van der Waals surface area contributed by atoms with E-state index in [0.717, 1.165) is 16.0 Å². The molecule has 3 rings (SSSR count). The van der Waals surface area contributed by atoms with Crippen molar-refractivity contribution >= 4 is 17.2 Å². The second kappa shape index (κ2) is 6.75. The summed E-state index contributed by atoms with van der Waals surface area (Å²) >= 11 is 1.48. The molecule has 9 heteroatoms. The number of hydrogen-bond donors (Lipinski definition) is 1. The molecule has 0 saturated carbocycles. The van der Waals surface area contributed by atoms with Gasteiger partial charge in [-0.05, 0) is 26.0 Å². The summed E-state index contributed by atoms with van der Waals surface area (Å²) in [5.74, 6) is 0.0504. The Morgan fingerprint density at radius 1 is 1.20 bits per heavy atom. The maximum Gasteiger partial charge on any atom is 0.433 e. The van der Waals surface area contributed by atoms with Gasteiger partial charge in [0.2, 0.25) is 0 Å². The molecule has 0 aromatic carbocycles. The van der Waals surface area contributed by atoms with Gasteiger partial charge < -0.3 is 5.32 Å². The van der Waals surface area contributed by atoms with Crippen molar-refractivity contribution in [3.8, 4) is 11.4 Å². The molecule has 3 aromatic heterocycles. The van der Waals surface area contributed by atoms with Gasteiger partial charge in [-0.2, -0.15) is 13.2 Å². The molecule has 0 aliphatic rings. The molecule has 0 fully saturated rings. The molecule has 3 heterocycles. The summed E-state index contributed by atoms with van der Waals surface area (Å²) in [5, 5.41) is 3.74. The largest absolute Gasteiger partial charge is 0.433 e. The van der Waals surface area contributed by atoms with Crippen LogP contribution >= 0.6 is 11.3 Å². The van der Waals surface area contributed by atoms with Crippen LogP contribution in [0.4, 0.5) is 19.0 Å². The van der Waals surface area contributed by atoms with Crippen molar-refractivity contribution in [2.75, 3.05) is 5.32 Å². The van der Waals surface area contributed by atoms with E-state index in [2.05, 4.69) is 25.3 Å². The molecule has 0 amide bonds. The van der Waals surface area contributed by atoms with E-state index in [9.17, 15) is 13.2 Å². The van der Waals surface area contributed by atoms with Crippen LogP contribution in [-0.4, -0.2) is 19.9 Å². The number of pyridine rings is 1. The number of halogens is 3. The highest BCUT2D eigenvalue weighted by Crippen LogP contribution is 2.31. The van der Waals surface area contributed by atoms with Crippen LogP contribution in [-0.2, 0) is 6.18 Å². The monoisotopic (exact) mass is 365 g/mol. The fraction of sp³-hybridized carbons (Fsp3) is 0.250. The van der Waals surface area contributed by atoms with Crippen molar-refractivity contribution in [2.45, 2.75) is 26.1 Å². The molecule has 5 nitrogen and oxygen atoms in total. The zero-order valence-corrected chi connectivity index (χ0v) is 14.2. The number of nitrogens with zero attached hydrogens (tertiary/aromatic N) is 4. The summed E-state index contributed by atoms with van der Waals surface area (Å²) in [6, 6.07) is 3.85. The highest BCUT2D eigenvalue weighted by molar-refractivity contribution is 7.11. The molecular formula is C16H14F3N5S. The summed E-state index contributed by atoms with van der Waals surface area (Å²) in [7, 11) is 0. The second-order valence-electron chi connectivity index (χ2n) is 5.38. The zero-order chi connectivity index (χ0) is 18.0. The first-order valence-electron chi connectivity index (χ1n) is 7.38. The predicted molar refractivity (Wildman–Crippen MR) is 89.2 cm³/mol. The van der Waals surface area contributed by atoms with Crippen molar-refractivity contribution < 1.29 is 13.2 Å². The van der Waals surface area contributed by atoms with Crippen molar-refractivity contribution in [1.82, 2.24) is 19.9 Å². The minimum absolute atomic E-state index is 0.0343. The number of hydrogen-bond acceptors (Lipinski definition) is 6. The molecule has 0 aliphatic carbocycles. The third kappa shape index (κ3) is 4.11. The normalized spacial score (nSPS) is 12.8. The maximum atomic E-state index is 13.2. The summed E-state index contributed by atoms with van der Waals surface area (Å²) < 4.78 is 39.6. The average Bonchev–Trinajstić information content (AvgIpc) is 3.01. The van der Waals surface area contributed by atoms with Crippen LogP contribution in [0.1, 0.15) is 28.5 Å². The topological polar surface area (TPSA) is 63.6 Å². The lowest BCUT2D eigenvalue weighted by Gasteiger charge is -2.15. The predicted octanol–water partition coefficient (Wildman–Crippen LogP) is 4.50. The molecule has 130 valence electrons. The summed E-state index contributed by atoms with van der Waals surface area (Å²) in [6.45, 7) is 3.73. The van der Waals surface area contributed by atoms with Crippen molar-refractivity contribution in [3.63, 3.8) is 0 Å². The van der Waals surface area contributed by atoms with Crippen LogP contribution in [0.2, 0.25) is 0 Å². The van der Waals surface area contributed by atoms with Gasteiger partial charge in [0.1, 0.15) is 10.8 Å². The van der Waals surface area contributed by atoms with Gasteiger partial charge in [-0.15, -0.1) is 11.3 Å². The van der Waals surface area contributed by atoms with E-state index in [4.69, 9.17) is 0 Å². The van der Waals surface area contributed by atoms with Crippen molar-refractivity contribution in [1.29, 1.82) is 0 Å². The Labute approximate surface area is 146 Å². The molecule has 1 unspecified atom stereocenters. The highest BCUT2D eigenvalue weighted by atomic mass is 32.1. The second-order valence-corrected chi connectivity index (χ2v) is 6.64. The standard InChI is InChI=1S/C16H14F3N5S/c1-9-7-21-15(25-9)10(2)22-13-6-12(16(17,18)19)23-14(24-13)11-4-3-5-20-8-11/h3-8,10H,1-2H3,(H,22,23,24). The number of rotatable bonds is 4. The summed E-state index contributed by atoms with van der Waals surface area (Å²) in [6.07, 6.45) is 0.105. The van der Waals surface area contributed by atoms with Gasteiger partial charge in [0.05, 0.1) is 6.04 Å². The van der Waals surface area contributed by atoms with Crippen molar-refractivity contribution in [3.05, 3.63) is 52.4 Å². The first-order chi connectivity index (χ1) is 11.8. The Hall–Kier alpha value is -2.55. The van der Waals surface area contributed by atoms with Gasteiger partial charge in [-0.3, -0.25) is 4.98 Å². The van der Waals surface area contributed by atoms with E-state index in [1.807, 2.05) is 13.8 Å². The Balaban J connectivity index is 1.98. The number of aryl methyl sites for hydroxylation is 1. The minimum atomic E-state index is -4.57. The number of nitrogens with one attached hydrogen (secondary N) is 1. The fourth-order valence-corrected chi connectivity index (χ4v) is 2.92. The molecule has 1 N–H and O–H groups in total. The van der Waals surface area contributed by atoms with Crippen LogP contribution in [0.5, 0.6) is 0 Å². The van der Waals surface area contributed by atoms with Crippen LogP contribution in [0, 0.1) is 6.92 Å². The van der Waals surface area contributed by atoms with Crippen LogP contribution in [0.3, 0.4) is 0 Å². The van der Waals surface area contributed by atoms with Gasteiger partial charge in [-0.1, -0.05) is 0 Å². The number of thiazole rings is 1. The molecular weight excluding hydrogens is 351 g/mol.